The van der Waals surface area contributed by atoms with Gasteiger partial charge in [-0.1, -0.05) is 32.0 Å². The van der Waals surface area contributed by atoms with E-state index in [2.05, 4.69) is 23.1 Å². The Morgan fingerprint density at radius 1 is 1.06 bits per heavy atom. The van der Waals surface area contributed by atoms with Gasteiger partial charge in [-0.3, -0.25) is 10.2 Å². The van der Waals surface area contributed by atoms with Gasteiger partial charge in [0.15, 0.2) is 5.84 Å². The van der Waals surface area contributed by atoms with Crippen LogP contribution in [0.1, 0.15) is 30.5 Å². The number of thioether (sulfide) groups is 1. The van der Waals surface area contributed by atoms with E-state index in [9.17, 15) is 13.2 Å². The van der Waals surface area contributed by atoms with Crippen LogP contribution < -0.4 is 9.47 Å². The summed E-state index contributed by atoms with van der Waals surface area (Å²) in [6.07, 6.45) is 2.47. The first-order chi connectivity index (χ1) is 17.2. The highest BCUT2D eigenvalue weighted by molar-refractivity contribution is 8.42. The maximum atomic E-state index is 12.5. The smallest absolute Gasteiger partial charge is 0.283 e. The van der Waals surface area contributed by atoms with Gasteiger partial charge in [-0.15, -0.1) is 5.10 Å². The van der Waals surface area contributed by atoms with Crippen molar-refractivity contribution in [3.63, 3.8) is 0 Å². The fourth-order valence-electron chi connectivity index (χ4n) is 3.48. The van der Waals surface area contributed by atoms with Crippen LogP contribution in [0.4, 0.5) is 0 Å². The van der Waals surface area contributed by atoms with Crippen molar-refractivity contribution in [2.45, 2.75) is 27.2 Å². The van der Waals surface area contributed by atoms with Crippen LogP contribution in [0.25, 0.3) is 6.08 Å². The number of rotatable bonds is 8. The van der Waals surface area contributed by atoms with E-state index < -0.39 is 15.7 Å². The van der Waals surface area contributed by atoms with E-state index in [0.717, 1.165) is 34.5 Å². The third kappa shape index (κ3) is 5.68. The fourth-order valence-corrected chi connectivity index (χ4v) is 5.65. The molecule has 1 N–H and O–H groups in total. The molecule has 2 aromatic carbocycles. The predicted octanol–water partition coefficient (Wildman–Crippen LogP) is 4.03. The Bertz CT molecular complexity index is 1400. The zero-order chi connectivity index (χ0) is 25.9. The summed E-state index contributed by atoms with van der Waals surface area (Å²) in [6.45, 7) is 6.41. The zero-order valence-corrected chi connectivity index (χ0v) is 21.8. The molecule has 0 saturated carbocycles. The molecule has 188 valence electrons. The zero-order valence-electron chi connectivity index (χ0n) is 20.1. The molecular formula is C25H26N4O5S2. The Labute approximate surface area is 214 Å². The molecule has 0 bridgehead atoms. The van der Waals surface area contributed by atoms with Gasteiger partial charge in [0.1, 0.15) is 24.7 Å². The highest BCUT2D eigenvalue weighted by atomic mass is 32.3. The number of hydrazone groups is 1. The Kier molecular flexibility index (Phi) is 7.60. The van der Waals surface area contributed by atoms with E-state index in [1.807, 2.05) is 19.1 Å². The third-order valence-corrected chi connectivity index (χ3v) is 8.50. The molecule has 0 fully saturated rings. The number of carbonyl (C=O) groups excluding carboxylic acids is 1. The van der Waals surface area contributed by atoms with Gasteiger partial charge in [0.05, 0.1) is 11.3 Å². The largest absolute Gasteiger partial charge is 0.490 e. The van der Waals surface area contributed by atoms with Crippen LogP contribution in [0.3, 0.4) is 0 Å². The number of fused-ring (bicyclic) bond motifs is 1. The topological polar surface area (TPSA) is 121 Å². The Hall–Kier alpha value is -3.44. The molecule has 36 heavy (non-hydrogen) atoms. The van der Waals surface area contributed by atoms with Crippen LogP contribution in [0, 0.1) is 12.3 Å². The number of aliphatic imine (C=N–C) groups is 1. The average Bonchev–Trinajstić information content (AvgIpc) is 3.30. The van der Waals surface area contributed by atoms with Crippen LogP contribution in [-0.2, 0) is 21.1 Å². The number of ether oxygens (including phenoxy) is 2. The molecule has 0 unspecified atom stereocenters. The Morgan fingerprint density at radius 2 is 1.75 bits per heavy atom. The quantitative estimate of drug-likeness (QED) is 0.407. The molecule has 0 spiro atoms. The van der Waals surface area contributed by atoms with Gasteiger partial charge >= 0.3 is 0 Å². The molecule has 0 aromatic heterocycles. The van der Waals surface area contributed by atoms with Crippen LogP contribution in [0.15, 0.2) is 58.1 Å². The van der Waals surface area contributed by atoms with Crippen molar-refractivity contribution in [1.82, 2.24) is 5.01 Å². The maximum Gasteiger partial charge on any atom is 0.283 e. The van der Waals surface area contributed by atoms with Crippen LogP contribution in [0.5, 0.6) is 11.5 Å². The van der Waals surface area contributed by atoms with E-state index in [0.29, 0.717) is 24.5 Å². The summed E-state index contributed by atoms with van der Waals surface area (Å²) in [4.78, 5) is 16.4. The number of aryl methyl sites for hydroxylation is 2. The minimum absolute atomic E-state index is 0.0184. The van der Waals surface area contributed by atoms with Crippen molar-refractivity contribution in [1.29, 1.82) is 5.41 Å². The molecule has 2 heterocycles. The SMILES string of the molecule is CCc1cc(C)cc(OCCOc2ccc(/C=C3/C(=N)N4N=C(S(=O)(=O)CC)SC4=NC3=O)cc2)c1. The number of hydrogen-bond donors (Lipinski definition) is 1. The van der Waals surface area contributed by atoms with Crippen molar-refractivity contribution in [2.75, 3.05) is 19.0 Å². The molecule has 2 aliphatic rings. The molecule has 2 aliphatic heterocycles. The van der Waals surface area contributed by atoms with E-state index in [1.165, 1.54) is 18.6 Å². The van der Waals surface area contributed by atoms with Crippen molar-refractivity contribution in [3.05, 3.63) is 64.7 Å². The number of nitrogens with one attached hydrogen (secondary N) is 1. The number of benzene rings is 2. The molecule has 0 atom stereocenters. The van der Waals surface area contributed by atoms with E-state index in [1.54, 1.807) is 24.3 Å². The first-order valence-corrected chi connectivity index (χ1v) is 13.9. The second-order valence-corrected chi connectivity index (χ2v) is 11.5. The van der Waals surface area contributed by atoms with Crippen LogP contribution in [-0.4, -0.2) is 53.7 Å². The summed E-state index contributed by atoms with van der Waals surface area (Å²) in [7, 11) is -3.57. The lowest BCUT2D eigenvalue weighted by Gasteiger charge is -2.20. The number of nitrogens with zero attached hydrogens (tertiary/aromatic N) is 3. The lowest BCUT2D eigenvalue weighted by atomic mass is 10.1. The minimum atomic E-state index is -3.57. The second kappa shape index (κ2) is 10.7. The second-order valence-electron chi connectivity index (χ2n) is 8.06. The number of carbonyl (C=O) groups is 1. The number of hydrogen-bond acceptors (Lipinski definition) is 8. The normalized spacial score (nSPS) is 16.6. The molecule has 0 saturated heterocycles. The lowest BCUT2D eigenvalue weighted by molar-refractivity contribution is -0.114. The number of amides is 1. The maximum absolute atomic E-state index is 12.5. The van der Waals surface area contributed by atoms with Gasteiger partial charge in [0, 0.05) is 0 Å². The Balaban J connectivity index is 1.38. The highest BCUT2D eigenvalue weighted by Gasteiger charge is 2.39. The molecule has 11 heteroatoms. The van der Waals surface area contributed by atoms with E-state index in [4.69, 9.17) is 14.9 Å². The van der Waals surface area contributed by atoms with Gasteiger partial charge in [-0.2, -0.15) is 10.0 Å². The summed E-state index contributed by atoms with van der Waals surface area (Å²) in [5.74, 6) is 0.487. The van der Waals surface area contributed by atoms with Gasteiger partial charge in [0.2, 0.25) is 19.4 Å². The van der Waals surface area contributed by atoms with Gasteiger partial charge in [-0.25, -0.2) is 8.42 Å². The lowest BCUT2D eigenvalue weighted by Crippen LogP contribution is -2.35. The first kappa shape index (κ1) is 25.6. The monoisotopic (exact) mass is 526 g/mol. The minimum Gasteiger partial charge on any atom is -0.490 e. The van der Waals surface area contributed by atoms with Gasteiger partial charge in [0.25, 0.3) is 5.91 Å². The molecule has 0 aliphatic carbocycles. The summed E-state index contributed by atoms with van der Waals surface area (Å²) in [5.41, 5.74) is 3.06. The molecule has 9 nitrogen and oxygen atoms in total. The summed E-state index contributed by atoms with van der Waals surface area (Å²) < 4.78 is 35.6. The summed E-state index contributed by atoms with van der Waals surface area (Å²) >= 11 is 0.776. The molecule has 4 rings (SSSR count). The molecule has 2 aromatic rings. The highest BCUT2D eigenvalue weighted by Crippen LogP contribution is 2.30. The Morgan fingerprint density at radius 3 is 2.42 bits per heavy atom. The molecular weight excluding hydrogens is 500 g/mol. The third-order valence-electron chi connectivity index (χ3n) is 5.41. The number of sulfone groups is 1. The first-order valence-electron chi connectivity index (χ1n) is 11.4. The van der Waals surface area contributed by atoms with Crippen molar-refractivity contribution < 1.29 is 22.7 Å². The summed E-state index contributed by atoms with van der Waals surface area (Å²) in [6, 6.07) is 13.2. The van der Waals surface area contributed by atoms with E-state index in [-0.39, 0.29) is 26.7 Å². The average molecular weight is 527 g/mol. The molecule has 0 radical (unpaired) electrons. The van der Waals surface area contributed by atoms with Gasteiger partial charge < -0.3 is 9.47 Å². The van der Waals surface area contributed by atoms with Gasteiger partial charge in [-0.05, 0) is 72.1 Å². The summed E-state index contributed by atoms with van der Waals surface area (Å²) in [5, 5.41) is 13.5. The van der Waals surface area contributed by atoms with Crippen LogP contribution in [0.2, 0.25) is 0 Å². The predicted molar refractivity (Wildman–Crippen MR) is 142 cm³/mol. The van der Waals surface area contributed by atoms with Crippen molar-refractivity contribution in [3.8, 4) is 11.5 Å². The van der Waals surface area contributed by atoms with Crippen molar-refractivity contribution >= 4 is 49.0 Å². The fraction of sp³-hybridized carbons (Fsp3) is 0.280. The van der Waals surface area contributed by atoms with Crippen molar-refractivity contribution in [2.24, 2.45) is 10.1 Å². The van der Waals surface area contributed by atoms with E-state index >= 15 is 0 Å². The molecule has 1 amide bonds. The van der Waals surface area contributed by atoms with Crippen LogP contribution >= 0.6 is 11.8 Å². The number of amidine groups is 2. The standard InChI is InChI=1S/C25H26N4O5S2/c1-4-17-12-16(3)13-20(14-17)34-11-10-33-19-8-6-18(7-9-19)15-21-22(26)29-24(27-23(21)30)35-25(28-29)36(31,32)5-2/h6-9,12-15,26H,4-5,10-11H2,1-3H3/b21-15-,26-22?.